The van der Waals surface area contributed by atoms with Crippen molar-refractivity contribution in [3.05, 3.63) is 36.3 Å². The van der Waals surface area contributed by atoms with E-state index in [0.29, 0.717) is 19.1 Å². The number of aryl methyl sites for hydroxylation is 1. The number of rotatable bonds is 8. The van der Waals surface area contributed by atoms with E-state index < -0.39 is 0 Å². The van der Waals surface area contributed by atoms with Crippen molar-refractivity contribution in [3.63, 3.8) is 0 Å². The van der Waals surface area contributed by atoms with Crippen molar-refractivity contribution in [1.29, 1.82) is 0 Å². The van der Waals surface area contributed by atoms with Crippen LogP contribution in [0.4, 0.5) is 5.69 Å². The molecule has 2 aromatic heterocycles. The van der Waals surface area contributed by atoms with Gasteiger partial charge >= 0.3 is 0 Å². The molecule has 0 aliphatic carbocycles. The Bertz CT molecular complexity index is 539. The zero-order chi connectivity index (χ0) is 15.1. The van der Waals surface area contributed by atoms with Crippen LogP contribution in [0.5, 0.6) is 5.88 Å². The topological polar surface area (TPSA) is 61.2 Å². The summed E-state index contributed by atoms with van der Waals surface area (Å²) in [4.78, 5) is 4.26. The van der Waals surface area contributed by atoms with Gasteiger partial charge in [-0.1, -0.05) is 0 Å². The maximum atomic E-state index is 5.43. The second-order valence-corrected chi connectivity index (χ2v) is 4.72. The number of hydrogen-bond donors (Lipinski definition) is 1. The molecule has 6 nitrogen and oxygen atoms in total. The third-order valence-electron chi connectivity index (χ3n) is 3.13. The van der Waals surface area contributed by atoms with Crippen molar-refractivity contribution in [1.82, 2.24) is 14.8 Å². The number of anilines is 1. The highest BCUT2D eigenvalue weighted by Gasteiger charge is 2.08. The summed E-state index contributed by atoms with van der Waals surface area (Å²) in [6, 6.07) is 3.98. The fourth-order valence-electron chi connectivity index (χ4n) is 1.89. The molecule has 0 aliphatic rings. The first-order valence-corrected chi connectivity index (χ1v) is 7.09. The van der Waals surface area contributed by atoms with Gasteiger partial charge in [0.05, 0.1) is 30.7 Å². The van der Waals surface area contributed by atoms with Gasteiger partial charge in [-0.05, 0) is 19.9 Å². The average Bonchev–Trinajstić information content (AvgIpc) is 2.98. The van der Waals surface area contributed by atoms with Crippen LogP contribution in [0.25, 0.3) is 0 Å². The Labute approximate surface area is 125 Å². The minimum Gasteiger partial charge on any atom is -0.475 e. The van der Waals surface area contributed by atoms with Crippen LogP contribution in [-0.4, -0.2) is 35.1 Å². The molecule has 1 atom stereocenters. The Morgan fingerprint density at radius 1 is 1.29 bits per heavy atom. The molecule has 0 saturated heterocycles. The van der Waals surface area contributed by atoms with Crippen LogP contribution in [0, 0.1) is 0 Å². The van der Waals surface area contributed by atoms with Crippen LogP contribution in [0.3, 0.4) is 0 Å². The molecule has 0 aromatic carbocycles. The van der Waals surface area contributed by atoms with Gasteiger partial charge in [0.15, 0.2) is 0 Å². The van der Waals surface area contributed by atoms with Crippen LogP contribution in [-0.2, 0) is 11.3 Å². The highest BCUT2D eigenvalue weighted by molar-refractivity contribution is 5.44. The molecule has 0 amide bonds. The summed E-state index contributed by atoms with van der Waals surface area (Å²) in [6.45, 7) is 6.10. The van der Waals surface area contributed by atoms with Gasteiger partial charge in [-0.15, -0.1) is 0 Å². The van der Waals surface area contributed by atoms with Crippen molar-refractivity contribution in [2.75, 3.05) is 25.6 Å². The van der Waals surface area contributed by atoms with E-state index in [1.165, 1.54) is 0 Å². The van der Waals surface area contributed by atoms with E-state index in [2.05, 4.69) is 29.2 Å². The van der Waals surface area contributed by atoms with Crippen molar-refractivity contribution in [2.45, 2.75) is 26.4 Å². The molecule has 2 aromatic rings. The number of nitrogens with one attached hydrogen (secondary N) is 1. The van der Waals surface area contributed by atoms with Crippen LogP contribution in [0.2, 0.25) is 0 Å². The predicted octanol–water partition coefficient (Wildman–Crippen LogP) is 2.50. The number of pyridine rings is 1. The third-order valence-corrected chi connectivity index (χ3v) is 3.13. The summed E-state index contributed by atoms with van der Waals surface area (Å²) in [6.07, 6.45) is 5.70. The molecule has 0 aliphatic heterocycles. The first kappa shape index (κ1) is 15.3. The van der Waals surface area contributed by atoms with Crippen LogP contribution in [0.1, 0.15) is 25.5 Å². The van der Waals surface area contributed by atoms with E-state index in [9.17, 15) is 0 Å². The van der Waals surface area contributed by atoms with Gasteiger partial charge in [0.25, 0.3) is 0 Å². The van der Waals surface area contributed by atoms with E-state index in [-0.39, 0.29) is 6.04 Å². The molecule has 0 bridgehead atoms. The summed E-state index contributed by atoms with van der Waals surface area (Å²) in [7, 11) is 1.64. The molecule has 0 spiro atoms. The molecule has 6 heteroatoms. The van der Waals surface area contributed by atoms with Gasteiger partial charge in [-0.3, -0.25) is 4.68 Å². The first-order chi connectivity index (χ1) is 10.2. The summed E-state index contributed by atoms with van der Waals surface area (Å²) in [5, 5.41) is 7.68. The molecule has 1 N–H and O–H groups in total. The van der Waals surface area contributed by atoms with Gasteiger partial charge in [0, 0.05) is 31.5 Å². The van der Waals surface area contributed by atoms with Gasteiger partial charge in [-0.2, -0.15) is 5.10 Å². The quantitative estimate of drug-likeness (QED) is 0.757. The lowest BCUT2D eigenvalue weighted by molar-refractivity contribution is 0.144. The summed E-state index contributed by atoms with van der Waals surface area (Å²) in [5.41, 5.74) is 2.10. The highest BCUT2D eigenvalue weighted by Crippen LogP contribution is 2.19. The Morgan fingerprint density at radius 2 is 2.14 bits per heavy atom. The Kier molecular flexibility index (Phi) is 5.57. The molecule has 2 heterocycles. The smallest absolute Gasteiger partial charge is 0.213 e. The van der Waals surface area contributed by atoms with E-state index in [0.717, 1.165) is 17.8 Å². The zero-order valence-corrected chi connectivity index (χ0v) is 12.7. The lowest BCUT2D eigenvalue weighted by atomic mass is 10.2. The first-order valence-electron chi connectivity index (χ1n) is 7.09. The minimum absolute atomic E-state index is 0.173. The molecule has 0 radical (unpaired) electrons. The molecule has 1 unspecified atom stereocenters. The molecule has 21 heavy (non-hydrogen) atoms. The minimum atomic E-state index is 0.173. The Morgan fingerprint density at radius 3 is 2.76 bits per heavy atom. The van der Waals surface area contributed by atoms with Crippen molar-refractivity contribution < 1.29 is 9.47 Å². The normalized spacial score (nSPS) is 12.1. The Balaban J connectivity index is 1.90. The SMILES string of the molecule is CCn1cc(C(C)Nc2ccc(OCCOC)nc2)cn1. The van der Waals surface area contributed by atoms with Crippen LogP contribution in [0.15, 0.2) is 30.7 Å². The fourth-order valence-corrected chi connectivity index (χ4v) is 1.89. The fraction of sp³-hybridized carbons (Fsp3) is 0.467. The number of methoxy groups -OCH3 is 1. The van der Waals surface area contributed by atoms with Crippen molar-refractivity contribution in [2.24, 2.45) is 0 Å². The van der Waals surface area contributed by atoms with Gasteiger partial charge in [-0.25, -0.2) is 4.98 Å². The van der Waals surface area contributed by atoms with Crippen molar-refractivity contribution in [3.8, 4) is 5.88 Å². The molecule has 0 saturated carbocycles. The summed E-state index contributed by atoms with van der Waals surface area (Å²) >= 11 is 0. The largest absolute Gasteiger partial charge is 0.475 e. The predicted molar refractivity (Wildman–Crippen MR) is 81.5 cm³/mol. The number of ether oxygens (including phenoxy) is 2. The lowest BCUT2D eigenvalue weighted by Crippen LogP contribution is -2.07. The number of hydrogen-bond acceptors (Lipinski definition) is 5. The summed E-state index contributed by atoms with van der Waals surface area (Å²) in [5.74, 6) is 0.601. The van der Waals surface area contributed by atoms with E-state index in [4.69, 9.17) is 9.47 Å². The van der Waals surface area contributed by atoms with Gasteiger partial charge in [0.2, 0.25) is 5.88 Å². The van der Waals surface area contributed by atoms with E-state index in [1.54, 1.807) is 13.3 Å². The highest BCUT2D eigenvalue weighted by atomic mass is 16.5. The molecular formula is C15H22N4O2. The second-order valence-electron chi connectivity index (χ2n) is 4.72. The standard InChI is InChI=1S/C15H22N4O2/c1-4-19-11-13(9-17-19)12(2)18-14-5-6-15(16-10-14)21-8-7-20-3/h5-6,9-12,18H,4,7-8H2,1-3H3. The summed E-state index contributed by atoms with van der Waals surface area (Å²) < 4.78 is 12.3. The monoisotopic (exact) mass is 290 g/mol. The lowest BCUT2D eigenvalue weighted by Gasteiger charge is -2.13. The second kappa shape index (κ2) is 7.64. The third kappa shape index (κ3) is 4.46. The maximum Gasteiger partial charge on any atom is 0.213 e. The van der Waals surface area contributed by atoms with Crippen LogP contribution < -0.4 is 10.1 Å². The van der Waals surface area contributed by atoms with Gasteiger partial charge in [0.1, 0.15) is 6.61 Å². The molecule has 114 valence electrons. The van der Waals surface area contributed by atoms with E-state index >= 15 is 0 Å². The van der Waals surface area contributed by atoms with Crippen molar-refractivity contribution >= 4 is 5.69 Å². The number of aromatic nitrogens is 3. The molecule has 0 fully saturated rings. The van der Waals surface area contributed by atoms with Gasteiger partial charge < -0.3 is 14.8 Å². The molecule has 2 rings (SSSR count). The number of nitrogens with zero attached hydrogens (tertiary/aromatic N) is 3. The van der Waals surface area contributed by atoms with E-state index in [1.807, 2.05) is 29.2 Å². The average molecular weight is 290 g/mol. The Hall–Kier alpha value is -2.08. The molecular weight excluding hydrogens is 268 g/mol. The maximum absolute atomic E-state index is 5.43. The zero-order valence-electron chi connectivity index (χ0n) is 12.7. The van der Waals surface area contributed by atoms with Crippen LogP contribution >= 0.6 is 0 Å².